The SMILES string of the molecule is COc1cc(S(=O)(=O)N2CCC[C@@H](C)C2)c(OC)cc1Br. The van der Waals surface area contributed by atoms with Gasteiger partial charge in [0.2, 0.25) is 10.0 Å². The Morgan fingerprint density at radius 1 is 1.24 bits per heavy atom. The van der Waals surface area contributed by atoms with E-state index in [1.807, 2.05) is 0 Å². The highest BCUT2D eigenvalue weighted by molar-refractivity contribution is 9.10. The molecule has 7 heteroatoms. The van der Waals surface area contributed by atoms with Crippen LogP contribution in [0.4, 0.5) is 0 Å². The summed E-state index contributed by atoms with van der Waals surface area (Å²) in [4.78, 5) is 0.152. The van der Waals surface area contributed by atoms with Gasteiger partial charge in [-0.25, -0.2) is 8.42 Å². The van der Waals surface area contributed by atoms with Crippen molar-refractivity contribution in [3.63, 3.8) is 0 Å². The molecule has 1 aliphatic heterocycles. The molecule has 1 aliphatic rings. The number of benzene rings is 1. The summed E-state index contributed by atoms with van der Waals surface area (Å²) in [6.07, 6.45) is 1.95. The molecule has 1 aromatic rings. The molecule has 0 saturated carbocycles. The summed E-state index contributed by atoms with van der Waals surface area (Å²) >= 11 is 3.34. The van der Waals surface area contributed by atoms with Gasteiger partial charge in [-0.2, -0.15) is 4.31 Å². The summed E-state index contributed by atoms with van der Waals surface area (Å²) in [5.41, 5.74) is 0. The maximum absolute atomic E-state index is 12.9. The molecule has 1 saturated heterocycles. The predicted molar refractivity (Wildman–Crippen MR) is 84.4 cm³/mol. The molecule has 1 atom stereocenters. The lowest BCUT2D eigenvalue weighted by Gasteiger charge is -2.30. The fourth-order valence-electron chi connectivity index (χ4n) is 2.54. The van der Waals surface area contributed by atoms with Crippen molar-refractivity contribution in [2.24, 2.45) is 5.92 Å². The Hall–Kier alpha value is -0.790. The van der Waals surface area contributed by atoms with Crippen molar-refractivity contribution in [3.05, 3.63) is 16.6 Å². The Labute approximate surface area is 134 Å². The van der Waals surface area contributed by atoms with Crippen LogP contribution >= 0.6 is 15.9 Å². The van der Waals surface area contributed by atoms with E-state index in [2.05, 4.69) is 22.9 Å². The van der Waals surface area contributed by atoms with Gasteiger partial charge in [-0.1, -0.05) is 6.92 Å². The highest BCUT2D eigenvalue weighted by Crippen LogP contribution is 2.37. The normalized spacial score (nSPS) is 20.3. The van der Waals surface area contributed by atoms with Crippen LogP contribution in [-0.4, -0.2) is 40.0 Å². The molecule has 0 aliphatic carbocycles. The van der Waals surface area contributed by atoms with Crippen molar-refractivity contribution in [1.29, 1.82) is 0 Å². The van der Waals surface area contributed by atoms with Crippen LogP contribution in [0.25, 0.3) is 0 Å². The standard InChI is InChI=1S/C14H20BrNO4S/c1-10-5-4-6-16(9-10)21(17,18)14-8-12(19-2)11(15)7-13(14)20-3/h7-8,10H,4-6,9H2,1-3H3/t10-/m1/s1. The van der Waals surface area contributed by atoms with Crippen LogP contribution in [-0.2, 0) is 10.0 Å². The lowest BCUT2D eigenvalue weighted by atomic mass is 10.0. The summed E-state index contributed by atoms with van der Waals surface area (Å²) in [6.45, 7) is 3.17. The molecule has 0 unspecified atom stereocenters. The summed E-state index contributed by atoms with van der Waals surface area (Å²) in [7, 11) is -0.609. The van der Waals surface area contributed by atoms with Gasteiger partial charge in [0, 0.05) is 19.2 Å². The van der Waals surface area contributed by atoms with Crippen LogP contribution in [0.3, 0.4) is 0 Å². The molecule has 1 fully saturated rings. The van der Waals surface area contributed by atoms with Crippen molar-refractivity contribution in [1.82, 2.24) is 4.31 Å². The van der Waals surface area contributed by atoms with Gasteiger partial charge in [0.05, 0.1) is 18.7 Å². The predicted octanol–water partition coefficient (Wildman–Crippen LogP) is 2.89. The molecular formula is C14H20BrNO4S. The van der Waals surface area contributed by atoms with Gasteiger partial charge in [0.15, 0.2) is 0 Å². The maximum Gasteiger partial charge on any atom is 0.246 e. The zero-order chi connectivity index (χ0) is 15.6. The van der Waals surface area contributed by atoms with Gasteiger partial charge >= 0.3 is 0 Å². The summed E-state index contributed by atoms with van der Waals surface area (Å²) in [5.74, 6) is 1.16. The molecule has 5 nitrogen and oxygen atoms in total. The van der Waals surface area contributed by atoms with E-state index in [4.69, 9.17) is 9.47 Å². The Kier molecular flexibility index (Phi) is 5.16. The van der Waals surface area contributed by atoms with Crippen molar-refractivity contribution in [3.8, 4) is 11.5 Å². The Bertz CT molecular complexity index is 618. The number of hydrogen-bond donors (Lipinski definition) is 0. The third-order valence-corrected chi connectivity index (χ3v) is 6.18. The minimum atomic E-state index is -3.58. The van der Waals surface area contributed by atoms with Crippen LogP contribution < -0.4 is 9.47 Å². The number of rotatable bonds is 4. The first-order valence-electron chi connectivity index (χ1n) is 6.81. The Balaban J connectivity index is 2.48. The Morgan fingerprint density at radius 3 is 2.48 bits per heavy atom. The largest absolute Gasteiger partial charge is 0.496 e. The molecule has 0 N–H and O–H groups in total. The fourth-order valence-corrected chi connectivity index (χ4v) is 4.77. The van der Waals surface area contributed by atoms with Gasteiger partial charge in [-0.05, 0) is 40.8 Å². The third kappa shape index (κ3) is 3.35. The second-order valence-corrected chi connectivity index (χ2v) is 8.01. The molecule has 0 radical (unpaired) electrons. The molecule has 0 amide bonds. The number of methoxy groups -OCH3 is 2. The number of ether oxygens (including phenoxy) is 2. The molecule has 1 aromatic carbocycles. The van der Waals surface area contributed by atoms with Crippen LogP contribution in [0.1, 0.15) is 19.8 Å². The first kappa shape index (κ1) is 16.6. The zero-order valence-electron chi connectivity index (χ0n) is 12.4. The van der Waals surface area contributed by atoms with Crippen LogP contribution in [0, 0.1) is 5.92 Å². The van der Waals surface area contributed by atoms with Gasteiger partial charge in [0.1, 0.15) is 16.4 Å². The second kappa shape index (κ2) is 6.54. The van der Waals surface area contributed by atoms with Crippen LogP contribution in [0.2, 0.25) is 0 Å². The van der Waals surface area contributed by atoms with Crippen LogP contribution in [0.15, 0.2) is 21.5 Å². The summed E-state index contributed by atoms with van der Waals surface area (Å²) in [6, 6.07) is 3.14. The molecule has 2 rings (SSSR count). The van der Waals surface area contributed by atoms with Crippen molar-refractivity contribution in [2.45, 2.75) is 24.7 Å². The van der Waals surface area contributed by atoms with E-state index in [1.165, 1.54) is 24.6 Å². The number of hydrogen-bond acceptors (Lipinski definition) is 4. The molecule has 118 valence electrons. The molecule has 1 heterocycles. The maximum atomic E-state index is 12.9. The van der Waals surface area contributed by atoms with Gasteiger partial charge in [-0.3, -0.25) is 0 Å². The van der Waals surface area contributed by atoms with Crippen LogP contribution in [0.5, 0.6) is 11.5 Å². The molecule has 0 spiro atoms. The fraction of sp³-hybridized carbons (Fsp3) is 0.571. The Morgan fingerprint density at radius 2 is 1.90 bits per heavy atom. The lowest BCUT2D eigenvalue weighted by molar-refractivity contribution is 0.280. The summed E-state index contributed by atoms with van der Waals surface area (Å²) < 4.78 is 38.4. The van der Waals surface area contributed by atoms with E-state index in [0.717, 1.165) is 12.8 Å². The van der Waals surface area contributed by atoms with E-state index >= 15 is 0 Å². The minimum absolute atomic E-state index is 0.152. The second-order valence-electron chi connectivity index (χ2n) is 5.25. The van der Waals surface area contributed by atoms with Gasteiger partial charge in [-0.15, -0.1) is 0 Å². The lowest BCUT2D eigenvalue weighted by Crippen LogP contribution is -2.39. The van der Waals surface area contributed by atoms with Gasteiger partial charge in [0.25, 0.3) is 0 Å². The first-order valence-corrected chi connectivity index (χ1v) is 9.05. The average Bonchev–Trinajstić information content (AvgIpc) is 2.46. The molecular weight excluding hydrogens is 358 g/mol. The van der Waals surface area contributed by atoms with E-state index in [9.17, 15) is 8.42 Å². The van der Waals surface area contributed by atoms with Crippen molar-refractivity contribution < 1.29 is 17.9 Å². The van der Waals surface area contributed by atoms with Crippen molar-refractivity contribution >= 4 is 26.0 Å². The highest BCUT2D eigenvalue weighted by atomic mass is 79.9. The smallest absolute Gasteiger partial charge is 0.246 e. The number of piperidine rings is 1. The molecule has 0 aromatic heterocycles. The van der Waals surface area contributed by atoms with E-state index in [-0.39, 0.29) is 4.90 Å². The number of sulfonamides is 1. The summed E-state index contributed by atoms with van der Waals surface area (Å²) in [5, 5.41) is 0. The topological polar surface area (TPSA) is 55.8 Å². The van der Waals surface area contributed by atoms with E-state index in [0.29, 0.717) is 35.0 Å². The monoisotopic (exact) mass is 377 g/mol. The number of halogens is 1. The zero-order valence-corrected chi connectivity index (χ0v) is 14.8. The minimum Gasteiger partial charge on any atom is -0.496 e. The van der Waals surface area contributed by atoms with E-state index in [1.54, 1.807) is 6.07 Å². The van der Waals surface area contributed by atoms with E-state index < -0.39 is 10.0 Å². The number of nitrogens with zero attached hydrogens (tertiary/aromatic N) is 1. The average molecular weight is 378 g/mol. The third-order valence-electron chi connectivity index (χ3n) is 3.68. The van der Waals surface area contributed by atoms with Gasteiger partial charge < -0.3 is 9.47 Å². The quantitative estimate of drug-likeness (QED) is 0.809. The van der Waals surface area contributed by atoms with Crippen molar-refractivity contribution in [2.75, 3.05) is 27.3 Å². The first-order chi connectivity index (χ1) is 9.90. The molecule has 0 bridgehead atoms. The molecule has 21 heavy (non-hydrogen) atoms. The highest BCUT2D eigenvalue weighted by Gasteiger charge is 2.31.